The molecular weight excluding hydrogens is 398 g/mol. The fraction of sp³-hybridized carbons (Fsp3) is 0.174. The minimum atomic E-state index is -0.360. The first kappa shape index (κ1) is 20.2. The lowest BCUT2D eigenvalue weighted by atomic mass is 10.1. The molecule has 1 aliphatic rings. The van der Waals surface area contributed by atoms with Crippen molar-refractivity contribution in [2.24, 2.45) is 0 Å². The molecule has 0 fully saturated rings. The van der Waals surface area contributed by atoms with Gasteiger partial charge in [0.05, 0.1) is 19.3 Å². The van der Waals surface area contributed by atoms with Gasteiger partial charge in [0, 0.05) is 23.0 Å². The van der Waals surface area contributed by atoms with E-state index >= 15 is 0 Å². The summed E-state index contributed by atoms with van der Waals surface area (Å²) in [5.41, 5.74) is 2.02. The number of carbonyl (C=O) groups is 2. The summed E-state index contributed by atoms with van der Waals surface area (Å²) in [4.78, 5) is 29.4. The molecule has 8 heteroatoms. The third kappa shape index (κ3) is 4.75. The number of pyridine rings is 1. The number of nitrogens with zero attached hydrogens (tertiary/aromatic N) is 1. The summed E-state index contributed by atoms with van der Waals surface area (Å²) in [5.74, 6) is 0.740. The molecule has 0 aliphatic carbocycles. The molecule has 158 valence electrons. The van der Waals surface area contributed by atoms with Crippen LogP contribution in [0.3, 0.4) is 0 Å². The number of hydrogen-bond donors (Lipinski definition) is 2. The van der Waals surface area contributed by atoms with Crippen LogP contribution in [-0.4, -0.2) is 37.1 Å². The van der Waals surface area contributed by atoms with Crippen LogP contribution in [0.25, 0.3) is 0 Å². The van der Waals surface area contributed by atoms with Gasteiger partial charge in [-0.15, -0.1) is 0 Å². The standard InChI is InChI=1S/C23H21N3O5/c1-29-19-12-16(13-20-21(19)31-10-9-30-20)23(28)26-17-7-4-5-15(11-17)22(27)25-14-18-6-2-3-8-24-18/h2-8,11-13H,9-10,14H2,1H3,(H,25,27)(H,26,28). The van der Waals surface area contributed by atoms with Crippen LogP contribution in [0.15, 0.2) is 60.8 Å². The quantitative estimate of drug-likeness (QED) is 0.637. The number of hydrogen-bond acceptors (Lipinski definition) is 6. The fourth-order valence-corrected chi connectivity index (χ4v) is 3.12. The van der Waals surface area contributed by atoms with Crippen LogP contribution < -0.4 is 24.8 Å². The van der Waals surface area contributed by atoms with E-state index in [1.165, 1.54) is 7.11 Å². The van der Waals surface area contributed by atoms with Crippen LogP contribution in [-0.2, 0) is 6.54 Å². The first-order chi connectivity index (χ1) is 15.1. The van der Waals surface area contributed by atoms with E-state index in [9.17, 15) is 9.59 Å². The Morgan fingerprint density at radius 3 is 2.68 bits per heavy atom. The molecule has 8 nitrogen and oxygen atoms in total. The van der Waals surface area contributed by atoms with Crippen LogP contribution in [0.5, 0.6) is 17.2 Å². The third-order valence-corrected chi connectivity index (χ3v) is 4.63. The van der Waals surface area contributed by atoms with Crippen molar-refractivity contribution in [3.05, 3.63) is 77.6 Å². The highest BCUT2D eigenvalue weighted by molar-refractivity contribution is 6.06. The molecule has 0 atom stereocenters. The maximum Gasteiger partial charge on any atom is 0.255 e. The van der Waals surface area contributed by atoms with Gasteiger partial charge in [-0.1, -0.05) is 12.1 Å². The SMILES string of the molecule is COc1cc(C(=O)Nc2cccc(C(=O)NCc3ccccn3)c2)cc2c1OCCO2. The Kier molecular flexibility index (Phi) is 5.98. The Hall–Kier alpha value is -4.07. The van der Waals surface area contributed by atoms with Gasteiger partial charge in [-0.2, -0.15) is 0 Å². The molecule has 1 aliphatic heterocycles. The largest absolute Gasteiger partial charge is 0.493 e. The molecule has 2 amide bonds. The fourth-order valence-electron chi connectivity index (χ4n) is 3.12. The zero-order valence-electron chi connectivity index (χ0n) is 16.9. The van der Waals surface area contributed by atoms with Crippen molar-refractivity contribution in [1.82, 2.24) is 10.3 Å². The average molecular weight is 419 g/mol. The Morgan fingerprint density at radius 2 is 1.87 bits per heavy atom. The molecule has 0 saturated carbocycles. The van der Waals surface area contributed by atoms with Crippen LogP contribution in [0.2, 0.25) is 0 Å². The number of carbonyl (C=O) groups excluding carboxylic acids is 2. The molecule has 4 rings (SSSR count). The van der Waals surface area contributed by atoms with Crippen molar-refractivity contribution in [2.75, 3.05) is 25.6 Å². The maximum atomic E-state index is 12.8. The first-order valence-electron chi connectivity index (χ1n) is 9.71. The van der Waals surface area contributed by atoms with Gasteiger partial charge in [-0.25, -0.2) is 0 Å². The number of fused-ring (bicyclic) bond motifs is 1. The lowest BCUT2D eigenvalue weighted by molar-refractivity contribution is 0.0949. The minimum absolute atomic E-state index is 0.261. The van der Waals surface area contributed by atoms with E-state index in [0.29, 0.717) is 53.8 Å². The van der Waals surface area contributed by atoms with Gasteiger partial charge in [0.1, 0.15) is 13.2 Å². The summed E-state index contributed by atoms with van der Waals surface area (Å²) < 4.78 is 16.5. The first-order valence-corrected chi connectivity index (χ1v) is 9.71. The van der Waals surface area contributed by atoms with Crippen LogP contribution in [0.1, 0.15) is 26.4 Å². The molecule has 3 aromatic rings. The molecule has 2 heterocycles. The number of benzene rings is 2. The second-order valence-electron chi connectivity index (χ2n) is 6.74. The smallest absolute Gasteiger partial charge is 0.255 e. The highest BCUT2D eigenvalue weighted by atomic mass is 16.6. The van der Waals surface area contributed by atoms with E-state index in [1.54, 1.807) is 42.6 Å². The summed E-state index contributed by atoms with van der Waals surface area (Å²) >= 11 is 0. The topological polar surface area (TPSA) is 98.8 Å². The van der Waals surface area contributed by atoms with E-state index in [-0.39, 0.29) is 11.8 Å². The molecule has 31 heavy (non-hydrogen) atoms. The van der Waals surface area contributed by atoms with Gasteiger partial charge in [0.2, 0.25) is 5.75 Å². The molecule has 0 bridgehead atoms. The molecule has 0 radical (unpaired) electrons. The van der Waals surface area contributed by atoms with E-state index in [2.05, 4.69) is 15.6 Å². The Morgan fingerprint density at radius 1 is 1.00 bits per heavy atom. The van der Waals surface area contributed by atoms with Gasteiger partial charge in [0.25, 0.3) is 11.8 Å². The van der Waals surface area contributed by atoms with Crippen molar-refractivity contribution in [3.63, 3.8) is 0 Å². The summed E-state index contributed by atoms with van der Waals surface area (Å²) in [6.45, 7) is 1.13. The predicted molar refractivity (Wildman–Crippen MR) is 114 cm³/mol. The molecule has 2 N–H and O–H groups in total. The molecule has 0 unspecified atom stereocenters. The van der Waals surface area contributed by atoms with Crippen LogP contribution >= 0.6 is 0 Å². The number of anilines is 1. The monoisotopic (exact) mass is 419 g/mol. The van der Waals surface area contributed by atoms with E-state index in [0.717, 1.165) is 5.69 Å². The highest BCUT2D eigenvalue weighted by Gasteiger charge is 2.21. The average Bonchev–Trinajstić information content (AvgIpc) is 2.82. The lowest BCUT2D eigenvalue weighted by Crippen LogP contribution is -2.23. The molecule has 1 aromatic heterocycles. The summed E-state index contributed by atoms with van der Waals surface area (Å²) in [5, 5.41) is 5.62. The third-order valence-electron chi connectivity index (χ3n) is 4.63. The van der Waals surface area contributed by atoms with Crippen molar-refractivity contribution in [2.45, 2.75) is 6.54 Å². The molecular formula is C23H21N3O5. The number of amides is 2. The number of aromatic nitrogens is 1. The van der Waals surface area contributed by atoms with Crippen LogP contribution in [0.4, 0.5) is 5.69 Å². The van der Waals surface area contributed by atoms with Gasteiger partial charge < -0.3 is 24.8 Å². The number of methoxy groups -OCH3 is 1. The summed E-state index contributed by atoms with van der Waals surface area (Å²) in [6, 6.07) is 15.4. The normalized spacial score (nSPS) is 12.0. The lowest BCUT2D eigenvalue weighted by Gasteiger charge is -2.21. The zero-order chi connectivity index (χ0) is 21.6. The van der Waals surface area contributed by atoms with Gasteiger partial charge in [0.15, 0.2) is 11.5 Å². The van der Waals surface area contributed by atoms with Crippen molar-refractivity contribution in [3.8, 4) is 17.2 Å². The Balaban J connectivity index is 1.46. The van der Waals surface area contributed by atoms with Gasteiger partial charge >= 0.3 is 0 Å². The molecule has 2 aromatic carbocycles. The Labute approximate surface area is 179 Å². The summed E-state index contributed by atoms with van der Waals surface area (Å²) in [6.07, 6.45) is 1.67. The predicted octanol–water partition coefficient (Wildman–Crippen LogP) is 3.04. The van der Waals surface area contributed by atoms with Crippen molar-refractivity contribution < 1.29 is 23.8 Å². The second kappa shape index (κ2) is 9.17. The summed E-state index contributed by atoms with van der Waals surface area (Å²) in [7, 11) is 1.50. The van der Waals surface area contributed by atoms with E-state index < -0.39 is 0 Å². The van der Waals surface area contributed by atoms with Crippen LogP contribution in [0, 0.1) is 0 Å². The van der Waals surface area contributed by atoms with Crippen molar-refractivity contribution >= 4 is 17.5 Å². The van der Waals surface area contributed by atoms with Crippen molar-refractivity contribution in [1.29, 1.82) is 0 Å². The molecule has 0 saturated heterocycles. The minimum Gasteiger partial charge on any atom is -0.493 e. The van der Waals surface area contributed by atoms with Gasteiger partial charge in [-0.05, 0) is 42.5 Å². The van der Waals surface area contributed by atoms with E-state index in [1.807, 2.05) is 18.2 Å². The second-order valence-corrected chi connectivity index (χ2v) is 6.74. The van der Waals surface area contributed by atoms with Gasteiger partial charge in [-0.3, -0.25) is 14.6 Å². The Bertz CT molecular complexity index is 1080. The van der Waals surface area contributed by atoms with E-state index in [4.69, 9.17) is 14.2 Å². The number of rotatable bonds is 6. The maximum absolute atomic E-state index is 12.8. The highest BCUT2D eigenvalue weighted by Crippen LogP contribution is 2.40. The number of nitrogens with one attached hydrogen (secondary N) is 2. The zero-order valence-corrected chi connectivity index (χ0v) is 16.9. The number of ether oxygens (including phenoxy) is 3. The molecule has 0 spiro atoms.